The van der Waals surface area contributed by atoms with Crippen molar-refractivity contribution in [3.8, 4) is 17.4 Å². The van der Waals surface area contributed by atoms with Crippen molar-refractivity contribution in [1.29, 1.82) is 0 Å². The van der Waals surface area contributed by atoms with E-state index in [1.54, 1.807) is 12.3 Å². The minimum Gasteiger partial charge on any atom is -0.479 e. The normalized spacial score (nSPS) is 13.2. The lowest BCUT2D eigenvalue weighted by Gasteiger charge is -1.91. The van der Waals surface area contributed by atoms with Crippen LogP contribution in [0.3, 0.4) is 0 Å². The zero-order chi connectivity index (χ0) is 14.9. The quantitative estimate of drug-likeness (QED) is 0.788. The van der Waals surface area contributed by atoms with Gasteiger partial charge in [0.15, 0.2) is 0 Å². The molecular formula is C18H12N2O2. The highest BCUT2D eigenvalue weighted by atomic mass is 16.5. The van der Waals surface area contributed by atoms with Gasteiger partial charge in [-0.05, 0) is 41.6 Å². The van der Waals surface area contributed by atoms with Crippen LogP contribution in [0.15, 0.2) is 64.1 Å². The molecule has 0 bridgehead atoms. The number of oxazole rings is 1. The van der Waals surface area contributed by atoms with E-state index in [0.29, 0.717) is 11.6 Å². The van der Waals surface area contributed by atoms with Crippen molar-refractivity contribution in [2.75, 3.05) is 0 Å². The van der Waals surface area contributed by atoms with Crippen molar-refractivity contribution < 1.29 is 9.52 Å². The van der Waals surface area contributed by atoms with Crippen LogP contribution in [0.2, 0.25) is 0 Å². The van der Waals surface area contributed by atoms with E-state index >= 15 is 0 Å². The molecule has 1 N–H and O–H groups in total. The summed E-state index contributed by atoms with van der Waals surface area (Å²) >= 11 is 0. The van der Waals surface area contributed by atoms with E-state index in [1.165, 1.54) is 0 Å². The number of rotatable bonds is 2. The van der Waals surface area contributed by atoms with Crippen molar-refractivity contribution in [3.05, 3.63) is 76.6 Å². The Labute approximate surface area is 126 Å². The molecule has 4 rings (SSSR count). The predicted molar refractivity (Wildman–Crippen MR) is 83.4 cm³/mol. The van der Waals surface area contributed by atoms with E-state index in [4.69, 9.17) is 4.42 Å². The molecule has 106 valence electrons. The van der Waals surface area contributed by atoms with Crippen LogP contribution in [0.5, 0.6) is 5.95 Å². The SMILES string of the molecule is Oc1oc(-c2ccccc2)nc1/C=c1\ccc2c(c1)C=CN=2. The van der Waals surface area contributed by atoms with E-state index in [-0.39, 0.29) is 5.95 Å². The number of nitrogens with zero attached hydrogens (tertiary/aromatic N) is 2. The highest BCUT2D eigenvalue weighted by molar-refractivity contribution is 5.60. The third-order valence-corrected chi connectivity index (χ3v) is 3.48. The first-order valence-corrected chi connectivity index (χ1v) is 6.91. The smallest absolute Gasteiger partial charge is 0.310 e. The van der Waals surface area contributed by atoms with Gasteiger partial charge in [-0.1, -0.05) is 24.3 Å². The maximum Gasteiger partial charge on any atom is 0.310 e. The zero-order valence-electron chi connectivity index (χ0n) is 11.6. The molecule has 1 aromatic heterocycles. The molecule has 1 aliphatic heterocycles. The number of hydrogen-bond acceptors (Lipinski definition) is 4. The average molecular weight is 288 g/mol. The molecule has 0 fully saturated rings. The largest absolute Gasteiger partial charge is 0.479 e. The van der Waals surface area contributed by atoms with E-state index in [2.05, 4.69) is 9.98 Å². The third kappa shape index (κ3) is 2.20. The van der Waals surface area contributed by atoms with Crippen LogP contribution in [-0.4, -0.2) is 10.1 Å². The summed E-state index contributed by atoms with van der Waals surface area (Å²) in [5.41, 5.74) is 2.30. The Balaban J connectivity index is 1.78. The van der Waals surface area contributed by atoms with Crippen LogP contribution < -0.4 is 10.6 Å². The van der Waals surface area contributed by atoms with E-state index in [0.717, 1.165) is 21.7 Å². The molecule has 0 unspecified atom stereocenters. The number of benzene rings is 2. The summed E-state index contributed by atoms with van der Waals surface area (Å²) in [6.45, 7) is 0. The van der Waals surface area contributed by atoms with Crippen molar-refractivity contribution in [2.45, 2.75) is 0 Å². The van der Waals surface area contributed by atoms with Crippen LogP contribution in [0.1, 0.15) is 11.3 Å². The van der Waals surface area contributed by atoms with Gasteiger partial charge in [0.2, 0.25) is 5.89 Å². The van der Waals surface area contributed by atoms with Gasteiger partial charge in [0.1, 0.15) is 5.69 Å². The first-order valence-electron chi connectivity index (χ1n) is 6.91. The fourth-order valence-electron chi connectivity index (χ4n) is 2.39. The minimum absolute atomic E-state index is 0.181. The first-order chi connectivity index (χ1) is 10.8. The number of aromatic hydroxyl groups is 1. The molecule has 4 heteroatoms. The molecule has 0 spiro atoms. The summed E-state index contributed by atoms with van der Waals surface area (Å²) in [6, 6.07) is 15.4. The summed E-state index contributed by atoms with van der Waals surface area (Å²) in [6.07, 6.45) is 5.51. The molecule has 3 aromatic rings. The van der Waals surface area contributed by atoms with Gasteiger partial charge in [-0.3, -0.25) is 4.99 Å². The summed E-state index contributed by atoms with van der Waals surface area (Å²) in [4.78, 5) is 8.59. The van der Waals surface area contributed by atoms with Gasteiger partial charge in [0, 0.05) is 17.3 Å². The fraction of sp³-hybridized carbons (Fsp3) is 0. The highest BCUT2D eigenvalue weighted by Crippen LogP contribution is 2.26. The van der Waals surface area contributed by atoms with Crippen LogP contribution >= 0.6 is 0 Å². The molecule has 4 nitrogen and oxygen atoms in total. The molecule has 0 atom stereocenters. The second-order valence-electron chi connectivity index (χ2n) is 4.98. The van der Waals surface area contributed by atoms with Crippen molar-refractivity contribution >= 4 is 12.2 Å². The first kappa shape index (κ1) is 12.6. The lowest BCUT2D eigenvalue weighted by Crippen LogP contribution is -2.10. The topological polar surface area (TPSA) is 58.6 Å². The van der Waals surface area contributed by atoms with Gasteiger partial charge in [-0.25, -0.2) is 4.98 Å². The van der Waals surface area contributed by atoms with Gasteiger partial charge >= 0.3 is 5.95 Å². The average Bonchev–Trinajstić information content (AvgIpc) is 3.15. The Hall–Kier alpha value is -3.14. The number of fused-ring (bicyclic) bond motifs is 1. The highest BCUT2D eigenvalue weighted by Gasteiger charge is 2.11. The van der Waals surface area contributed by atoms with Gasteiger partial charge < -0.3 is 9.52 Å². The Morgan fingerprint density at radius 2 is 1.91 bits per heavy atom. The molecule has 0 aliphatic carbocycles. The lowest BCUT2D eigenvalue weighted by molar-refractivity contribution is 0.336. The van der Waals surface area contributed by atoms with Crippen molar-refractivity contribution in [1.82, 2.24) is 4.98 Å². The molecule has 2 aromatic carbocycles. The number of aromatic nitrogens is 1. The lowest BCUT2D eigenvalue weighted by atomic mass is 10.1. The summed E-state index contributed by atoms with van der Waals surface area (Å²) < 4.78 is 5.35. The standard InChI is InChI=1S/C18H12N2O2/c21-18-16(20-17(22-18)13-4-2-1-3-5-13)11-12-6-7-15-14(10-12)8-9-19-15/h1-11,21H/b12-11+. The predicted octanol–water partition coefficient (Wildman–Crippen LogP) is 2.48. The van der Waals surface area contributed by atoms with Crippen LogP contribution in [0.4, 0.5) is 0 Å². The number of hydrogen-bond donors (Lipinski definition) is 1. The van der Waals surface area contributed by atoms with Gasteiger partial charge in [0.25, 0.3) is 0 Å². The maximum absolute atomic E-state index is 9.95. The Morgan fingerprint density at radius 1 is 1.05 bits per heavy atom. The van der Waals surface area contributed by atoms with Crippen molar-refractivity contribution in [2.24, 2.45) is 4.99 Å². The van der Waals surface area contributed by atoms with E-state index in [9.17, 15) is 5.11 Å². The molecule has 0 amide bonds. The minimum atomic E-state index is -0.181. The molecule has 22 heavy (non-hydrogen) atoms. The zero-order valence-corrected chi connectivity index (χ0v) is 11.6. The van der Waals surface area contributed by atoms with Crippen molar-refractivity contribution in [3.63, 3.8) is 0 Å². The van der Waals surface area contributed by atoms with Crippen LogP contribution in [0.25, 0.3) is 23.6 Å². The summed E-state index contributed by atoms with van der Waals surface area (Å²) in [7, 11) is 0. The molecular weight excluding hydrogens is 276 g/mol. The van der Waals surface area contributed by atoms with Gasteiger partial charge in [0.05, 0.1) is 5.36 Å². The molecule has 0 saturated heterocycles. The van der Waals surface area contributed by atoms with Crippen LogP contribution in [-0.2, 0) is 0 Å². The molecule has 0 saturated carbocycles. The van der Waals surface area contributed by atoms with Gasteiger partial charge in [-0.15, -0.1) is 0 Å². The molecule has 1 aliphatic rings. The monoisotopic (exact) mass is 288 g/mol. The fourth-order valence-corrected chi connectivity index (χ4v) is 2.39. The Kier molecular flexibility index (Phi) is 2.86. The summed E-state index contributed by atoms with van der Waals surface area (Å²) in [5, 5.41) is 11.8. The second-order valence-corrected chi connectivity index (χ2v) is 4.98. The summed E-state index contributed by atoms with van der Waals surface area (Å²) in [5.74, 6) is 0.222. The van der Waals surface area contributed by atoms with Gasteiger partial charge in [-0.2, -0.15) is 0 Å². The van der Waals surface area contributed by atoms with E-state index in [1.807, 2.05) is 54.6 Å². The Morgan fingerprint density at radius 3 is 2.77 bits per heavy atom. The second kappa shape index (κ2) is 5.00. The third-order valence-electron chi connectivity index (χ3n) is 3.48. The van der Waals surface area contributed by atoms with E-state index < -0.39 is 0 Å². The maximum atomic E-state index is 9.95. The van der Waals surface area contributed by atoms with Crippen LogP contribution in [0, 0.1) is 0 Å². The molecule has 2 heterocycles. The molecule has 0 radical (unpaired) electrons. The Bertz CT molecular complexity index is 986.